The first-order chi connectivity index (χ1) is 10.4. The zero-order valence-corrected chi connectivity index (χ0v) is 13.3. The molecule has 0 radical (unpaired) electrons. The van der Waals surface area contributed by atoms with Crippen molar-refractivity contribution in [2.24, 2.45) is 0 Å². The Bertz CT molecular complexity index is 610. The SMILES string of the molecule is c1cnc2c(c1)nc(C1CCCSC1)n2C1CCCCC1. The number of rotatable bonds is 2. The molecule has 0 amide bonds. The molecule has 4 rings (SSSR count). The Morgan fingerprint density at radius 3 is 2.81 bits per heavy atom. The van der Waals surface area contributed by atoms with Crippen LogP contribution in [0.5, 0.6) is 0 Å². The molecule has 3 nitrogen and oxygen atoms in total. The van der Waals surface area contributed by atoms with Gasteiger partial charge in [0.1, 0.15) is 11.3 Å². The molecule has 1 atom stereocenters. The minimum absolute atomic E-state index is 0.625. The minimum atomic E-state index is 0.625. The predicted octanol–water partition coefficient (Wildman–Crippen LogP) is 4.55. The molecular formula is C17H23N3S. The highest BCUT2D eigenvalue weighted by atomic mass is 32.2. The number of nitrogens with zero attached hydrogens (tertiary/aromatic N) is 3. The Morgan fingerprint density at radius 1 is 1.10 bits per heavy atom. The molecule has 0 aromatic carbocycles. The summed E-state index contributed by atoms with van der Waals surface area (Å²) in [6, 6.07) is 4.77. The summed E-state index contributed by atoms with van der Waals surface area (Å²) in [6.07, 6.45) is 11.3. The lowest BCUT2D eigenvalue weighted by molar-refractivity contribution is 0.345. The van der Waals surface area contributed by atoms with Crippen LogP contribution in [-0.2, 0) is 0 Å². The van der Waals surface area contributed by atoms with Gasteiger partial charge in [-0.05, 0) is 43.6 Å². The molecule has 112 valence electrons. The maximum atomic E-state index is 5.00. The molecule has 3 heterocycles. The summed E-state index contributed by atoms with van der Waals surface area (Å²) in [6.45, 7) is 0. The maximum absolute atomic E-state index is 5.00. The van der Waals surface area contributed by atoms with E-state index in [0.29, 0.717) is 12.0 Å². The van der Waals surface area contributed by atoms with Gasteiger partial charge in [-0.15, -0.1) is 0 Å². The highest BCUT2D eigenvalue weighted by molar-refractivity contribution is 7.99. The quantitative estimate of drug-likeness (QED) is 0.815. The fraction of sp³-hybridized carbons (Fsp3) is 0.647. The van der Waals surface area contributed by atoms with Crippen LogP contribution in [0.2, 0.25) is 0 Å². The van der Waals surface area contributed by atoms with E-state index in [4.69, 9.17) is 4.98 Å². The lowest BCUT2D eigenvalue weighted by atomic mass is 9.94. The van der Waals surface area contributed by atoms with Gasteiger partial charge in [-0.25, -0.2) is 9.97 Å². The van der Waals surface area contributed by atoms with Gasteiger partial charge in [-0.1, -0.05) is 19.3 Å². The number of fused-ring (bicyclic) bond motifs is 1. The van der Waals surface area contributed by atoms with Gasteiger partial charge in [0.2, 0.25) is 0 Å². The highest BCUT2D eigenvalue weighted by Crippen LogP contribution is 2.37. The van der Waals surface area contributed by atoms with E-state index >= 15 is 0 Å². The van der Waals surface area contributed by atoms with Gasteiger partial charge < -0.3 is 4.57 Å². The molecule has 1 unspecified atom stereocenters. The third kappa shape index (κ3) is 2.59. The van der Waals surface area contributed by atoms with Gasteiger partial charge in [0.25, 0.3) is 0 Å². The molecular weight excluding hydrogens is 278 g/mol. The molecule has 1 aliphatic carbocycles. The van der Waals surface area contributed by atoms with Crippen molar-refractivity contribution in [3.8, 4) is 0 Å². The number of hydrogen-bond donors (Lipinski definition) is 0. The standard InChI is InChI=1S/C17H23N3S/c1-2-7-14(8-3-1)20-16(13-6-5-11-21-12-13)19-15-9-4-10-18-17(15)20/h4,9-10,13-14H,1-3,5-8,11-12H2. The monoisotopic (exact) mass is 301 g/mol. The Kier molecular flexibility index (Phi) is 3.89. The second-order valence-electron chi connectivity index (χ2n) is 6.39. The molecule has 1 saturated carbocycles. The van der Waals surface area contributed by atoms with E-state index in [1.54, 1.807) is 0 Å². The van der Waals surface area contributed by atoms with Crippen molar-refractivity contribution in [2.75, 3.05) is 11.5 Å². The smallest absolute Gasteiger partial charge is 0.160 e. The number of pyridine rings is 1. The lowest BCUT2D eigenvalue weighted by Crippen LogP contribution is -2.20. The fourth-order valence-corrected chi connectivity index (χ4v) is 5.02. The number of thioether (sulfide) groups is 1. The second kappa shape index (κ2) is 5.99. The average molecular weight is 301 g/mol. The van der Waals surface area contributed by atoms with Crippen LogP contribution in [0.15, 0.2) is 18.3 Å². The van der Waals surface area contributed by atoms with Gasteiger partial charge in [0, 0.05) is 23.9 Å². The van der Waals surface area contributed by atoms with Gasteiger partial charge >= 0.3 is 0 Å². The van der Waals surface area contributed by atoms with Crippen LogP contribution < -0.4 is 0 Å². The highest BCUT2D eigenvalue weighted by Gasteiger charge is 2.27. The summed E-state index contributed by atoms with van der Waals surface area (Å²) < 4.78 is 2.52. The Labute approximate surface area is 130 Å². The van der Waals surface area contributed by atoms with Crippen LogP contribution in [0, 0.1) is 0 Å². The predicted molar refractivity (Wildman–Crippen MR) is 89.0 cm³/mol. The van der Waals surface area contributed by atoms with Gasteiger partial charge in [0.15, 0.2) is 5.65 Å². The van der Waals surface area contributed by atoms with Crippen molar-refractivity contribution in [2.45, 2.75) is 56.9 Å². The molecule has 0 N–H and O–H groups in total. The summed E-state index contributed by atoms with van der Waals surface area (Å²) in [5.41, 5.74) is 2.21. The molecule has 0 spiro atoms. The van der Waals surface area contributed by atoms with Crippen LogP contribution in [0.3, 0.4) is 0 Å². The Morgan fingerprint density at radius 2 is 2.00 bits per heavy atom. The van der Waals surface area contributed by atoms with Gasteiger partial charge in [-0.2, -0.15) is 11.8 Å². The van der Waals surface area contributed by atoms with E-state index in [0.717, 1.165) is 11.2 Å². The first kappa shape index (κ1) is 13.6. The summed E-state index contributed by atoms with van der Waals surface area (Å²) >= 11 is 2.09. The average Bonchev–Trinajstić information content (AvgIpc) is 2.96. The minimum Gasteiger partial charge on any atom is -0.309 e. The molecule has 2 fully saturated rings. The molecule has 2 aromatic rings. The fourth-order valence-electron chi connectivity index (χ4n) is 3.88. The van der Waals surface area contributed by atoms with Crippen molar-refractivity contribution in [1.82, 2.24) is 14.5 Å². The number of aromatic nitrogens is 3. The molecule has 2 aliphatic rings. The summed E-state index contributed by atoms with van der Waals surface area (Å²) in [5.74, 6) is 4.50. The van der Waals surface area contributed by atoms with Crippen LogP contribution in [0.4, 0.5) is 0 Å². The van der Waals surface area contributed by atoms with Crippen molar-refractivity contribution in [1.29, 1.82) is 0 Å². The van der Waals surface area contributed by atoms with Gasteiger partial charge in [-0.3, -0.25) is 0 Å². The second-order valence-corrected chi connectivity index (χ2v) is 7.54. The van der Waals surface area contributed by atoms with Gasteiger partial charge in [0.05, 0.1) is 0 Å². The summed E-state index contributed by atoms with van der Waals surface area (Å²) in [7, 11) is 0. The summed E-state index contributed by atoms with van der Waals surface area (Å²) in [4.78, 5) is 9.66. The van der Waals surface area contributed by atoms with Crippen LogP contribution in [-0.4, -0.2) is 26.0 Å². The number of imidazole rings is 1. The van der Waals surface area contributed by atoms with E-state index in [1.165, 1.54) is 62.3 Å². The zero-order chi connectivity index (χ0) is 14.1. The van der Waals surface area contributed by atoms with E-state index in [1.807, 2.05) is 12.3 Å². The first-order valence-corrected chi connectivity index (χ1v) is 9.49. The molecule has 2 aromatic heterocycles. The topological polar surface area (TPSA) is 30.7 Å². The maximum Gasteiger partial charge on any atom is 0.160 e. The van der Waals surface area contributed by atoms with Crippen molar-refractivity contribution < 1.29 is 0 Å². The molecule has 4 heteroatoms. The van der Waals surface area contributed by atoms with Crippen LogP contribution in [0.25, 0.3) is 11.2 Å². The lowest BCUT2D eigenvalue weighted by Gasteiger charge is -2.28. The normalized spacial score (nSPS) is 24.5. The van der Waals surface area contributed by atoms with Crippen LogP contribution >= 0.6 is 11.8 Å². The van der Waals surface area contributed by atoms with Crippen molar-refractivity contribution >= 4 is 22.9 Å². The van der Waals surface area contributed by atoms with E-state index in [9.17, 15) is 0 Å². The Balaban J connectivity index is 1.79. The van der Waals surface area contributed by atoms with E-state index < -0.39 is 0 Å². The molecule has 1 saturated heterocycles. The third-order valence-electron chi connectivity index (χ3n) is 4.94. The molecule has 1 aliphatic heterocycles. The largest absolute Gasteiger partial charge is 0.309 e. The third-order valence-corrected chi connectivity index (χ3v) is 6.16. The number of hydrogen-bond acceptors (Lipinski definition) is 3. The van der Waals surface area contributed by atoms with E-state index in [2.05, 4.69) is 27.4 Å². The molecule has 21 heavy (non-hydrogen) atoms. The van der Waals surface area contributed by atoms with Crippen molar-refractivity contribution in [3.63, 3.8) is 0 Å². The van der Waals surface area contributed by atoms with Crippen molar-refractivity contribution in [3.05, 3.63) is 24.2 Å². The summed E-state index contributed by atoms with van der Waals surface area (Å²) in [5, 5.41) is 0. The Hall–Kier alpha value is -1.03. The zero-order valence-electron chi connectivity index (χ0n) is 12.5. The van der Waals surface area contributed by atoms with Crippen LogP contribution in [0.1, 0.15) is 62.7 Å². The van der Waals surface area contributed by atoms with E-state index in [-0.39, 0.29) is 0 Å². The first-order valence-electron chi connectivity index (χ1n) is 8.34. The molecule has 0 bridgehead atoms.